The van der Waals surface area contributed by atoms with Crippen LogP contribution in [0.1, 0.15) is 11.1 Å². The second-order valence-electron chi connectivity index (χ2n) is 3.65. The van der Waals surface area contributed by atoms with Crippen LogP contribution in [0.2, 0.25) is 0 Å². The Morgan fingerprint density at radius 1 is 1.44 bits per heavy atom. The molecule has 1 atom stereocenters. The fourth-order valence-electron chi connectivity index (χ4n) is 1.54. The van der Waals surface area contributed by atoms with Gasteiger partial charge in [-0.1, -0.05) is 17.7 Å². The monoisotopic (exact) mass is 223 g/mol. The predicted molar refractivity (Wildman–Crippen MR) is 61.4 cm³/mol. The summed E-state index contributed by atoms with van der Waals surface area (Å²) in [5.74, 6) is 0.327. The van der Waals surface area contributed by atoms with E-state index in [4.69, 9.17) is 10.5 Å². The molecule has 0 saturated heterocycles. The molecule has 4 nitrogen and oxygen atoms in total. The lowest BCUT2D eigenvalue weighted by molar-refractivity contribution is -0.142. The zero-order chi connectivity index (χ0) is 12.1. The van der Waals surface area contributed by atoms with Gasteiger partial charge in [0.25, 0.3) is 0 Å². The molecule has 2 N–H and O–H groups in total. The Morgan fingerprint density at radius 2 is 2.12 bits per heavy atom. The predicted octanol–water partition coefficient (Wildman–Crippen LogP) is 1.05. The summed E-state index contributed by atoms with van der Waals surface area (Å²) < 4.78 is 9.79. The number of esters is 1. The Hall–Kier alpha value is -1.55. The van der Waals surface area contributed by atoms with Crippen molar-refractivity contribution in [1.82, 2.24) is 0 Å². The Bertz CT molecular complexity index is 377. The van der Waals surface area contributed by atoms with Gasteiger partial charge in [0, 0.05) is 6.42 Å². The summed E-state index contributed by atoms with van der Waals surface area (Å²) in [4.78, 5) is 11.2. The van der Waals surface area contributed by atoms with Crippen LogP contribution < -0.4 is 10.5 Å². The van der Waals surface area contributed by atoms with E-state index in [2.05, 4.69) is 4.74 Å². The summed E-state index contributed by atoms with van der Waals surface area (Å²) in [6.45, 7) is 1.98. The average Bonchev–Trinajstić information content (AvgIpc) is 2.28. The molecule has 0 radical (unpaired) electrons. The number of aryl methyl sites for hydroxylation is 1. The molecule has 0 spiro atoms. The van der Waals surface area contributed by atoms with Gasteiger partial charge < -0.3 is 15.2 Å². The molecule has 1 aromatic carbocycles. The van der Waals surface area contributed by atoms with Crippen LogP contribution in [0.15, 0.2) is 18.2 Å². The van der Waals surface area contributed by atoms with Crippen LogP contribution in [0, 0.1) is 6.92 Å². The van der Waals surface area contributed by atoms with Gasteiger partial charge in [0.15, 0.2) is 0 Å². The van der Waals surface area contributed by atoms with Crippen molar-refractivity contribution in [2.45, 2.75) is 19.4 Å². The summed E-state index contributed by atoms with van der Waals surface area (Å²) in [5, 5.41) is 0. The third-order valence-electron chi connectivity index (χ3n) is 2.38. The molecule has 0 aliphatic carbocycles. The molecule has 0 aromatic heterocycles. The summed E-state index contributed by atoms with van der Waals surface area (Å²) in [6, 6.07) is 5.13. The number of hydrogen-bond acceptors (Lipinski definition) is 4. The van der Waals surface area contributed by atoms with Gasteiger partial charge in [-0.2, -0.15) is 0 Å². The van der Waals surface area contributed by atoms with E-state index in [0.717, 1.165) is 16.9 Å². The molecule has 16 heavy (non-hydrogen) atoms. The van der Waals surface area contributed by atoms with Crippen molar-refractivity contribution in [1.29, 1.82) is 0 Å². The molecular weight excluding hydrogens is 206 g/mol. The van der Waals surface area contributed by atoms with Gasteiger partial charge in [-0.05, 0) is 18.6 Å². The smallest absolute Gasteiger partial charge is 0.322 e. The molecule has 0 fully saturated rings. The molecule has 1 rings (SSSR count). The number of carbonyl (C=O) groups is 1. The summed E-state index contributed by atoms with van der Waals surface area (Å²) >= 11 is 0. The summed E-state index contributed by atoms with van der Waals surface area (Å²) in [7, 11) is 2.92. The van der Waals surface area contributed by atoms with Crippen molar-refractivity contribution in [3.8, 4) is 5.75 Å². The standard InChI is InChI=1S/C12H17NO3/c1-8-4-5-11(15-2)9(6-8)7-10(13)12(14)16-3/h4-6,10H,7,13H2,1-3H3. The number of benzene rings is 1. The van der Waals surface area contributed by atoms with Gasteiger partial charge in [0.2, 0.25) is 0 Å². The molecule has 0 aliphatic heterocycles. The second kappa shape index (κ2) is 5.51. The van der Waals surface area contributed by atoms with Gasteiger partial charge in [0.1, 0.15) is 11.8 Å². The minimum Gasteiger partial charge on any atom is -0.496 e. The van der Waals surface area contributed by atoms with Crippen LogP contribution in [0.4, 0.5) is 0 Å². The Labute approximate surface area is 95.3 Å². The minimum atomic E-state index is -0.652. The fraction of sp³-hybridized carbons (Fsp3) is 0.417. The van der Waals surface area contributed by atoms with Gasteiger partial charge in [-0.3, -0.25) is 4.79 Å². The maximum atomic E-state index is 11.2. The van der Waals surface area contributed by atoms with Gasteiger partial charge >= 0.3 is 5.97 Å². The van der Waals surface area contributed by atoms with E-state index in [1.54, 1.807) is 7.11 Å². The molecule has 88 valence electrons. The number of ether oxygens (including phenoxy) is 2. The number of hydrogen-bond donors (Lipinski definition) is 1. The summed E-state index contributed by atoms with van der Waals surface area (Å²) in [6.07, 6.45) is 0.414. The van der Waals surface area contributed by atoms with E-state index in [0.29, 0.717) is 6.42 Å². The highest BCUT2D eigenvalue weighted by atomic mass is 16.5. The van der Waals surface area contributed by atoms with E-state index in [1.807, 2.05) is 25.1 Å². The fourth-order valence-corrected chi connectivity index (χ4v) is 1.54. The molecule has 0 saturated carbocycles. The number of methoxy groups -OCH3 is 2. The lowest BCUT2D eigenvalue weighted by Crippen LogP contribution is -2.33. The molecule has 4 heteroatoms. The normalized spacial score (nSPS) is 12.0. The van der Waals surface area contributed by atoms with Gasteiger partial charge in [0.05, 0.1) is 14.2 Å². The lowest BCUT2D eigenvalue weighted by atomic mass is 10.0. The first-order valence-electron chi connectivity index (χ1n) is 5.05. The molecule has 0 aliphatic rings. The van der Waals surface area contributed by atoms with Gasteiger partial charge in [-0.25, -0.2) is 0 Å². The van der Waals surface area contributed by atoms with E-state index < -0.39 is 12.0 Å². The van der Waals surface area contributed by atoms with E-state index in [-0.39, 0.29) is 0 Å². The molecule has 1 unspecified atom stereocenters. The number of rotatable bonds is 4. The SMILES string of the molecule is COC(=O)C(N)Cc1cc(C)ccc1OC. The maximum absolute atomic E-state index is 11.2. The van der Waals surface area contributed by atoms with Crippen LogP contribution in [0.3, 0.4) is 0 Å². The minimum absolute atomic E-state index is 0.413. The third-order valence-corrected chi connectivity index (χ3v) is 2.38. The van der Waals surface area contributed by atoms with E-state index >= 15 is 0 Å². The van der Waals surface area contributed by atoms with Crippen LogP contribution in [-0.4, -0.2) is 26.2 Å². The van der Waals surface area contributed by atoms with Crippen molar-refractivity contribution >= 4 is 5.97 Å². The zero-order valence-corrected chi connectivity index (χ0v) is 9.82. The summed E-state index contributed by atoms with van der Waals surface area (Å²) in [5.41, 5.74) is 7.72. The lowest BCUT2D eigenvalue weighted by Gasteiger charge is -2.13. The Balaban J connectivity index is 2.86. The first kappa shape index (κ1) is 12.5. The van der Waals surface area contributed by atoms with Crippen LogP contribution in [-0.2, 0) is 16.0 Å². The number of nitrogens with two attached hydrogens (primary N) is 1. The van der Waals surface area contributed by atoms with Crippen molar-refractivity contribution in [3.63, 3.8) is 0 Å². The first-order chi connectivity index (χ1) is 7.58. The zero-order valence-electron chi connectivity index (χ0n) is 9.82. The second-order valence-corrected chi connectivity index (χ2v) is 3.65. The third kappa shape index (κ3) is 2.97. The largest absolute Gasteiger partial charge is 0.496 e. The van der Waals surface area contributed by atoms with Gasteiger partial charge in [-0.15, -0.1) is 0 Å². The molecule has 1 aromatic rings. The topological polar surface area (TPSA) is 61.5 Å². The van der Waals surface area contributed by atoms with Crippen molar-refractivity contribution < 1.29 is 14.3 Å². The quantitative estimate of drug-likeness (QED) is 0.775. The molecule has 0 heterocycles. The maximum Gasteiger partial charge on any atom is 0.322 e. The van der Waals surface area contributed by atoms with Crippen molar-refractivity contribution in [2.75, 3.05) is 14.2 Å². The molecular formula is C12H17NO3. The van der Waals surface area contributed by atoms with Crippen LogP contribution >= 0.6 is 0 Å². The number of carbonyl (C=O) groups excluding carboxylic acids is 1. The van der Waals surface area contributed by atoms with E-state index in [1.165, 1.54) is 7.11 Å². The Kier molecular flexibility index (Phi) is 4.31. The first-order valence-corrected chi connectivity index (χ1v) is 5.05. The van der Waals surface area contributed by atoms with Crippen molar-refractivity contribution in [2.24, 2.45) is 5.73 Å². The highest BCUT2D eigenvalue weighted by Gasteiger charge is 2.16. The molecule has 0 bridgehead atoms. The highest BCUT2D eigenvalue weighted by molar-refractivity contribution is 5.75. The average molecular weight is 223 g/mol. The highest BCUT2D eigenvalue weighted by Crippen LogP contribution is 2.20. The van der Waals surface area contributed by atoms with Crippen LogP contribution in [0.5, 0.6) is 5.75 Å². The molecule has 0 amide bonds. The van der Waals surface area contributed by atoms with Crippen LogP contribution in [0.25, 0.3) is 0 Å². The Morgan fingerprint density at radius 3 is 2.69 bits per heavy atom. The van der Waals surface area contributed by atoms with E-state index in [9.17, 15) is 4.79 Å². The van der Waals surface area contributed by atoms with Crippen molar-refractivity contribution in [3.05, 3.63) is 29.3 Å².